The maximum atomic E-state index is 15.9. The van der Waals surface area contributed by atoms with E-state index in [2.05, 4.69) is 24.2 Å². The fourth-order valence-corrected chi connectivity index (χ4v) is 33.5. The second-order valence-electron chi connectivity index (χ2n) is 49.6. The van der Waals surface area contributed by atoms with Gasteiger partial charge in [0.1, 0.15) is 32.2 Å². The lowest BCUT2D eigenvalue weighted by atomic mass is 9.50. The standard InChI is InChI=1S/C104H144N2O24S2/c1-15-69(49-93(7,89(113)127-103-45-65-31-66(46-103)42-101(115,41-65)59-103)57-95(9,87(111)123-81-25-27-121-83(81)107)55-91(3,4)85(109)125-99(13)73-33-61-29-62(35-73)36-74(99)34-61)71-17-21-79(22-18-71)131(117,118)129-105-77-51-97(11)53-78(54-98(97,12)52-77)106-130-132(119,120)80-23-19-72(20-24-80)70(16-2)50-94(8,90(114)128-104-47-67-32-68(48-104)44-102(116,43-67)60-104)58-96(10,88(112)124-82-26-28-122-84(82)108)56-92(5,6)86(110)126-100(14)75-37-63-30-64(39-75)40-76(100)38-63/h17-24,61-70,73-76,81-82,115-116H,15-16,25-60H2,1-14H3. The normalized spacial score (nSPS) is 38.8. The number of ether oxygens (including phenoxy) is 8. The zero-order valence-electron chi connectivity index (χ0n) is 80.3. The van der Waals surface area contributed by atoms with Crippen LogP contribution in [0.5, 0.6) is 0 Å². The van der Waals surface area contributed by atoms with Gasteiger partial charge in [0.2, 0.25) is 12.2 Å². The molecule has 12 unspecified atom stereocenters. The molecule has 2 aromatic rings. The van der Waals surface area contributed by atoms with Crippen LogP contribution in [-0.2, 0) is 105 Å². The van der Waals surface area contributed by atoms with Gasteiger partial charge in [0, 0.05) is 25.7 Å². The quantitative estimate of drug-likeness (QED) is 0.0373. The van der Waals surface area contributed by atoms with Gasteiger partial charge in [-0.15, -0.1) is 0 Å². The highest BCUT2D eigenvalue weighted by Crippen LogP contribution is 2.67. The molecule has 726 valence electrons. The first kappa shape index (κ1) is 95.3. The van der Waals surface area contributed by atoms with E-state index in [-0.39, 0.29) is 122 Å². The Morgan fingerprint density at radius 1 is 0.409 bits per heavy atom. The Kier molecular flexibility index (Phi) is 24.1. The highest BCUT2D eigenvalue weighted by atomic mass is 32.2. The third kappa shape index (κ3) is 17.9. The van der Waals surface area contributed by atoms with Crippen LogP contribution in [0.4, 0.5) is 0 Å². The van der Waals surface area contributed by atoms with Gasteiger partial charge >= 0.3 is 68.0 Å². The number of oxime groups is 2. The molecule has 18 saturated carbocycles. The van der Waals surface area contributed by atoms with E-state index in [0.717, 1.165) is 64.2 Å². The summed E-state index contributed by atoms with van der Waals surface area (Å²) >= 11 is 0. The summed E-state index contributed by atoms with van der Waals surface area (Å²) in [4.78, 5) is 118. The topological polar surface area (TPSA) is 362 Å². The Hall–Kier alpha value is -7.04. The molecule has 2 saturated heterocycles. The van der Waals surface area contributed by atoms with E-state index >= 15 is 28.8 Å². The first-order chi connectivity index (χ1) is 61.7. The monoisotopic (exact) mass is 1870 g/mol. The molecule has 18 aliphatic carbocycles. The molecule has 2 aliphatic heterocycles. The molecular weight excluding hydrogens is 1730 g/mol. The highest BCUT2D eigenvalue weighted by Gasteiger charge is 2.67. The summed E-state index contributed by atoms with van der Waals surface area (Å²) in [6.45, 7) is 26.3. The van der Waals surface area contributed by atoms with E-state index < -0.39 is 169 Å². The second-order valence-corrected chi connectivity index (χ2v) is 52.7. The van der Waals surface area contributed by atoms with Crippen LogP contribution >= 0.6 is 0 Å². The van der Waals surface area contributed by atoms with Gasteiger partial charge in [-0.1, -0.05) is 62.3 Å². The molecule has 16 bridgehead atoms. The lowest BCUT2D eigenvalue weighted by Gasteiger charge is -2.59. The van der Waals surface area contributed by atoms with Gasteiger partial charge in [-0.25, -0.2) is 9.59 Å². The Bertz CT molecular complexity index is 4790. The van der Waals surface area contributed by atoms with Crippen molar-refractivity contribution in [1.82, 2.24) is 0 Å². The molecule has 0 spiro atoms. The smallest absolute Gasteiger partial charge is 0.358 e. The van der Waals surface area contributed by atoms with E-state index in [0.29, 0.717) is 149 Å². The average Bonchev–Trinajstić information content (AvgIpc) is 1.24. The molecule has 28 heteroatoms. The number of fused-ring (bicyclic) bond motifs is 1. The van der Waals surface area contributed by atoms with Crippen molar-refractivity contribution in [2.45, 2.75) is 396 Å². The third-order valence-corrected chi connectivity index (χ3v) is 39.6. The van der Waals surface area contributed by atoms with Gasteiger partial charge < -0.3 is 48.1 Å². The maximum absolute atomic E-state index is 15.9. The van der Waals surface area contributed by atoms with Gasteiger partial charge in [-0.2, -0.15) is 16.8 Å². The Morgan fingerprint density at radius 2 is 0.712 bits per heavy atom. The molecule has 0 aromatic heterocycles. The summed E-state index contributed by atoms with van der Waals surface area (Å²) in [5.41, 5.74) is -12.8. The van der Waals surface area contributed by atoms with Crippen molar-refractivity contribution in [2.24, 2.45) is 125 Å². The van der Waals surface area contributed by atoms with E-state index in [1.165, 1.54) is 37.1 Å². The number of hydrogen-bond acceptors (Lipinski definition) is 26. The zero-order chi connectivity index (χ0) is 94.3. The molecular formula is C104H144N2O24S2. The van der Waals surface area contributed by atoms with Crippen molar-refractivity contribution in [3.05, 3.63) is 59.7 Å². The van der Waals surface area contributed by atoms with Crippen molar-refractivity contribution in [3.63, 3.8) is 0 Å². The summed E-state index contributed by atoms with van der Waals surface area (Å²) in [5.74, 6) is -1.64. The molecule has 22 rings (SSSR count). The average molecular weight is 1870 g/mol. The van der Waals surface area contributed by atoms with E-state index in [1.807, 2.05) is 27.7 Å². The Morgan fingerprint density at radius 3 is 0.992 bits per heavy atom. The molecule has 26 nitrogen and oxygen atoms in total. The minimum absolute atomic E-state index is 0.0657. The molecule has 20 aliphatic rings. The number of nitrogens with zero attached hydrogens (tertiary/aromatic N) is 2. The lowest BCUT2D eigenvalue weighted by molar-refractivity contribution is -0.229. The van der Waals surface area contributed by atoms with Gasteiger partial charge in [0.05, 0.1) is 68.3 Å². The van der Waals surface area contributed by atoms with E-state index in [4.69, 9.17) is 46.5 Å². The van der Waals surface area contributed by atoms with Crippen molar-refractivity contribution in [2.75, 3.05) is 13.2 Å². The van der Waals surface area contributed by atoms with E-state index in [9.17, 15) is 36.6 Å². The van der Waals surface area contributed by atoms with Crippen LogP contribution in [0.15, 0.2) is 68.6 Å². The predicted molar refractivity (Wildman–Crippen MR) is 484 cm³/mol. The molecule has 0 radical (unpaired) electrons. The number of carbonyl (C=O) groups is 8. The van der Waals surface area contributed by atoms with Crippen LogP contribution in [0.2, 0.25) is 0 Å². The number of benzene rings is 2. The minimum Gasteiger partial charge on any atom is -0.463 e. The van der Waals surface area contributed by atoms with Gasteiger partial charge in [0.15, 0.2) is 0 Å². The summed E-state index contributed by atoms with van der Waals surface area (Å²) in [6.07, 6.45) is 17.6. The van der Waals surface area contributed by atoms with Gasteiger partial charge in [0.25, 0.3) is 0 Å². The van der Waals surface area contributed by atoms with E-state index in [1.54, 1.807) is 79.7 Å². The molecule has 2 aromatic carbocycles. The number of cyclic esters (lactones) is 2. The third-order valence-electron chi connectivity index (χ3n) is 37.3. The molecule has 132 heavy (non-hydrogen) atoms. The summed E-state index contributed by atoms with van der Waals surface area (Å²) in [5, 5.41) is 32.5. The summed E-state index contributed by atoms with van der Waals surface area (Å²) in [6, 6.07) is 12.5. The predicted octanol–water partition coefficient (Wildman–Crippen LogP) is 18.0. The summed E-state index contributed by atoms with van der Waals surface area (Å²) in [7, 11) is -9.07. The maximum Gasteiger partial charge on any atom is 0.358 e. The van der Waals surface area contributed by atoms with Crippen LogP contribution in [0.3, 0.4) is 0 Å². The number of rotatable bonds is 34. The first-order valence-electron chi connectivity index (χ1n) is 50.0. The largest absolute Gasteiger partial charge is 0.463 e. The molecule has 12 atom stereocenters. The summed E-state index contributed by atoms with van der Waals surface area (Å²) < 4.78 is 118. The first-order valence-corrected chi connectivity index (χ1v) is 52.9. The fraction of sp³-hybridized carbons (Fsp3) is 0.788. The number of aliphatic hydroxyl groups is 2. The fourth-order valence-electron chi connectivity index (χ4n) is 32.0. The van der Waals surface area contributed by atoms with Crippen LogP contribution in [0, 0.1) is 114 Å². The highest BCUT2D eigenvalue weighted by molar-refractivity contribution is 7.87. The number of hydrogen-bond donors (Lipinski definition) is 2. The Labute approximate surface area is 779 Å². The molecule has 20 fully saturated rings. The van der Waals surface area contributed by atoms with Crippen LogP contribution in [0.1, 0.15) is 351 Å². The van der Waals surface area contributed by atoms with Gasteiger partial charge in [-0.05, 0) is 404 Å². The van der Waals surface area contributed by atoms with Crippen molar-refractivity contribution in [3.8, 4) is 0 Å². The number of esters is 8. The zero-order valence-corrected chi connectivity index (χ0v) is 81.9. The SMILES string of the molecule is CCC(CC(C)(CC(C)(CC(C)(C)C(=O)OC1(C)C2CC3CC(C2)CC1C3)C(=O)OC1CCOC1=O)C(=O)OC12CC3CC(CC(O)(C3)C1)C2)c1ccc(S(=O)(=O)ON=C2CC3(C)CC(=NOS(=O)(=O)c4ccc(C(CC)CC(C)(CC(C)(CC(C)(C)C(=O)OC5(C)C6CC7CC(C6)CC5C7)C(=O)OC5CCOC5=O)C(=O)OC56CC7CC(CC(O)(C7)C5)C6)cc4)CC3(C)C2)cc1. The van der Waals surface area contributed by atoms with Crippen LogP contribution in [0.25, 0.3) is 0 Å². The van der Waals surface area contributed by atoms with Crippen molar-refractivity contribution in [1.29, 1.82) is 0 Å². The van der Waals surface area contributed by atoms with Crippen LogP contribution < -0.4 is 0 Å². The van der Waals surface area contributed by atoms with Crippen LogP contribution in [-0.4, -0.2) is 145 Å². The molecule has 2 N–H and O–H groups in total. The number of carbonyl (C=O) groups excluding carboxylic acids is 8. The van der Waals surface area contributed by atoms with Crippen molar-refractivity contribution < 1.29 is 112 Å². The molecule has 0 amide bonds. The second kappa shape index (κ2) is 33.4. The van der Waals surface area contributed by atoms with Gasteiger partial charge in [-0.3, -0.25) is 37.3 Å². The Balaban J connectivity index is 0.543. The molecule has 2 heterocycles. The lowest BCUT2D eigenvalue weighted by Crippen LogP contribution is -2.61. The van der Waals surface area contributed by atoms with Crippen molar-refractivity contribution >= 4 is 79.4 Å². The minimum atomic E-state index is -4.53.